The molecule has 0 amide bonds. The van der Waals surface area contributed by atoms with E-state index in [4.69, 9.17) is 0 Å². The van der Waals surface area contributed by atoms with Crippen molar-refractivity contribution in [3.8, 4) is 0 Å². The van der Waals surface area contributed by atoms with Gasteiger partial charge in [-0.25, -0.2) is 13.1 Å². The molecule has 0 spiro atoms. The van der Waals surface area contributed by atoms with E-state index in [9.17, 15) is 8.42 Å². The summed E-state index contributed by atoms with van der Waals surface area (Å²) in [5.74, 6) is 1.27. The lowest BCUT2D eigenvalue weighted by molar-refractivity contribution is 0.373. The highest BCUT2D eigenvalue weighted by atomic mass is 32.2. The lowest BCUT2D eigenvalue weighted by Crippen LogP contribution is -2.38. The summed E-state index contributed by atoms with van der Waals surface area (Å²) in [6.07, 6.45) is 4.76. The molecule has 0 bridgehead atoms. The molecule has 1 aliphatic rings. The summed E-state index contributed by atoms with van der Waals surface area (Å²) in [5, 5.41) is 0. The summed E-state index contributed by atoms with van der Waals surface area (Å²) < 4.78 is 27.0. The minimum Gasteiger partial charge on any atom is -0.212 e. The monoisotopic (exact) mass is 309 g/mol. The maximum Gasteiger partial charge on any atom is 0.211 e. The smallest absolute Gasteiger partial charge is 0.211 e. The van der Waals surface area contributed by atoms with Gasteiger partial charge in [-0.15, -0.1) is 0 Å². The van der Waals surface area contributed by atoms with Crippen molar-refractivity contribution in [1.82, 2.24) is 4.72 Å². The van der Waals surface area contributed by atoms with Gasteiger partial charge < -0.3 is 0 Å². The maximum absolute atomic E-state index is 12.0. The Morgan fingerprint density at radius 1 is 1.10 bits per heavy atom. The first kappa shape index (κ1) is 16.5. The van der Waals surface area contributed by atoms with E-state index in [0.29, 0.717) is 11.8 Å². The van der Waals surface area contributed by atoms with E-state index in [1.165, 1.54) is 5.56 Å². The van der Waals surface area contributed by atoms with Crippen LogP contribution in [0.15, 0.2) is 30.3 Å². The largest absolute Gasteiger partial charge is 0.212 e. The highest BCUT2D eigenvalue weighted by Gasteiger charge is 2.25. The highest BCUT2D eigenvalue weighted by Crippen LogP contribution is 2.32. The van der Waals surface area contributed by atoms with Gasteiger partial charge in [0, 0.05) is 6.04 Å². The van der Waals surface area contributed by atoms with Crippen LogP contribution in [0.1, 0.15) is 57.4 Å². The van der Waals surface area contributed by atoms with Gasteiger partial charge in [0.25, 0.3) is 0 Å². The van der Waals surface area contributed by atoms with Crippen molar-refractivity contribution in [2.75, 3.05) is 5.75 Å². The highest BCUT2D eigenvalue weighted by molar-refractivity contribution is 7.89. The van der Waals surface area contributed by atoms with E-state index in [0.717, 1.165) is 32.1 Å². The first-order valence-corrected chi connectivity index (χ1v) is 9.66. The van der Waals surface area contributed by atoms with Crippen molar-refractivity contribution in [3.05, 3.63) is 35.9 Å². The SMILES string of the molecule is CC(C)CCS(=O)(=O)NC1CCC(c2ccccc2)CC1. The van der Waals surface area contributed by atoms with Gasteiger partial charge in [0.15, 0.2) is 0 Å². The van der Waals surface area contributed by atoms with Gasteiger partial charge in [0.05, 0.1) is 5.75 Å². The van der Waals surface area contributed by atoms with Crippen LogP contribution in [-0.4, -0.2) is 20.2 Å². The summed E-state index contributed by atoms with van der Waals surface area (Å²) >= 11 is 0. The maximum atomic E-state index is 12.0. The summed E-state index contributed by atoms with van der Waals surface area (Å²) in [4.78, 5) is 0. The average Bonchev–Trinajstić information content (AvgIpc) is 2.47. The van der Waals surface area contributed by atoms with E-state index in [-0.39, 0.29) is 11.8 Å². The number of sulfonamides is 1. The Labute approximate surface area is 129 Å². The molecular formula is C17H27NO2S. The Morgan fingerprint density at radius 2 is 1.71 bits per heavy atom. The van der Waals surface area contributed by atoms with Gasteiger partial charge in [-0.3, -0.25) is 0 Å². The Morgan fingerprint density at radius 3 is 2.29 bits per heavy atom. The molecule has 3 nitrogen and oxygen atoms in total. The molecule has 0 atom stereocenters. The molecule has 21 heavy (non-hydrogen) atoms. The molecule has 2 rings (SSSR count). The second-order valence-electron chi connectivity index (χ2n) is 6.58. The zero-order valence-electron chi connectivity index (χ0n) is 13.1. The van der Waals surface area contributed by atoms with E-state index in [1.54, 1.807) is 0 Å². The minimum atomic E-state index is -3.11. The molecule has 1 N–H and O–H groups in total. The minimum absolute atomic E-state index is 0.127. The predicted octanol–water partition coefficient (Wildman–Crippen LogP) is 3.68. The number of nitrogens with one attached hydrogen (secondary N) is 1. The second-order valence-corrected chi connectivity index (χ2v) is 8.45. The second kappa shape index (κ2) is 7.41. The van der Waals surface area contributed by atoms with Crippen LogP contribution in [0.4, 0.5) is 0 Å². The van der Waals surface area contributed by atoms with E-state index >= 15 is 0 Å². The van der Waals surface area contributed by atoms with Gasteiger partial charge in [0.2, 0.25) is 10.0 Å². The Balaban J connectivity index is 1.81. The normalized spacial score (nSPS) is 23.4. The molecule has 1 aromatic rings. The quantitative estimate of drug-likeness (QED) is 0.871. The summed E-state index contributed by atoms with van der Waals surface area (Å²) in [6.45, 7) is 4.11. The van der Waals surface area contributed by atoms with Gasteiger partial charge in [-0.1, -0.05) is 44.2 Å². The average molecular weight is 309 g/mol. The first-order chi connectivity index (χ1) is 9.96. The molecule has 118 valence electrons. The Bertz CT molecular complexity index is 517. The van der Waals surface area contributed by atoms with E-state index < -0.39 is 10.0 Å². The topological polar surface area (TPSA) is 46.2 Å². The van der Waals surface area contributed by atoms with Crippen LogP contribution < -0.4 is 4.72 Å². The summed E-state index contributed by atoms with van der Waals surface area (Å²) in [7, 11) is -3.11. The fraction of sp³-hybridized carbons (Fsp3) is 0.647. The van der Waals surface area contributed by atoms with Crippen LogP contribution in [0, 0.1) is 5.92 Å². The molecule has 1 aromatic carbocycles. The Hall–Kier alpha value is -0.870. The van der Waals surface area contributed by atoms with Crippen LogP contribution >= 0.6 is 0 Å². The lowest BCUT2D eigenvalue weighted by atomic mass is 9.82. The van der Waals surface area contributed by atoms with Crippen molar-refractivity contribution < 1.29 is 8.42 Å². The number of hydrogen-bond donors (Lipinski definition) is 1. The predicted molar refractivity (Wildman–Crippen MR) is 87.8 cm³/mol. The molecule has 1 saturated carbocycles. The zero-order chi connectivity index (χ0) is 15.3. The van der Waals surface area contributed by atoms with Crippen LogP contribution in [0.2, 0.25) is 0 Å². The first-order valence-electron chi connectivity index (χ1n) is 8.01. The molecule has 1 fully saturated rings. The van der Waals surface area contributed by atoms with Gasteiger partial charge in [-0.05, 0) is 49.5 Å². The van der Waals surface area contributed by atoms with Gasteiger partial charge >= 0.3 is 0 Å². The van der Waals surface area contributed by atoms with Crippen LogP contribution in [-0.2, 0) is 10.0 Å². The standard InChI is InChI=1S/C17H27NO2S/c1-14(2)12-13-21(19,20)18-17-10-8-16(9-11-17)15-6-4-3-5-7-15/h3-7,14,16-18H,8-13H2,1-2H3. The van der Waals surface area contributed by atoms with E-state index in [2.05, 4.69) is 42.8 Å². The summed E-state index contributed by atoms with van der Waals surface area (Å²) in [5.41, 5.74) is 1.39. The van der Waals surface area contributed by atoms with Gasteiger partial charge in [-0.2, -0.15) is 0 Å². The lowest BCUT2D eigenvalue weighted by Gasteiger charge is -2.29. The molecule has 0 aliphatic heterocycles. The molecule has 0 aromatic heterocycles. The summed E-state index contributed by atoms with van der Waals surface area (Å²) in [6, 6.07) is 10.7. The third-order valence-corrected chi connectivity index (χ3v) is 5.77. The van der Waals surface area contributed by atoms with Gasteiger partial charge in [0.1, 0.15) is 0 Å². The zero-order valence-corrected chi connectivity index (χ0v) is 13.9. The fourth-order valence-electron chi connectivity index (χ4n) is 2.97. The number of benzene rings is 1. The van der Waals surface area contributed by atoms with Crippen LogP contribution in [0.5, 0.6) is 0 Å². The third kappa shape index (κ3) is 5.44. The molecular weight excluding hydrogens is 282 g/mol. The van der Waals surface area contributed by atoms with Crippen LogP contribution in [0.25, 0.3) is 0 Å². The third-order valence-electron chi connectivity index (χ3n) is 4.31. The van der Waals surface area contributed by atoms with Crippen molar-refractivity contribution in [3.63, 3.8) is 0 Å². The molecule has 0 radical (unpaired) electrons. The molecule has 1 aliphatic carbocycles. The van der Waals surface area contributed by atoms with Crippen molar-refractivity contribution >= 4 is 10.0 Å². The van der Waals surface area contributed by atoms with Crippen molar-refractivity contribution in [2.24, 2.45) is 5.92 Å². The number of rotatable bonds is 6. The van der Waals surface area contributed by atoms with Crippen molar-refractivity contribution in [1.29, 1.82) is 0 Å². The molecule has 0 unspecified atom stereocenters. The van der Waals surface area contributed by atoms with Crippen molar-refractivity contribution in [2.45, 2.75) is 57.9 Å². The van der Waals surface area contributed by atoms with Crippen LogP contribution in [0.3, 0.4) is 0 Å². The molecule has 0 heterocycles. The Kier molecular flexibility index (Phi) is 5.82. The molecule has 0 saturated heterocycles. The van der Waals surface area contributed by atoms with E-state index in [1.807, 2.05) is 6.07 Å². The number of hydrogen-bond acceptors (Lipinski definition) is 2. The molecule has 4 heteroatoms. The fourth-order valence-corrected chi connectivity index (χ4v) is 4.62.